The van der Waals surface area contributed by atoms with Crippen LogP contribution in [0.25, 0.3) is 11.0 Å². The lowest BCUT2D eigenvalue weighted by atomic mass is 9.93. The molecule has 146 valence electrons. The molecule has 6 nitrogen and oxygen atoms in total. The second-order valence-corrected chi connectivity index (χ2v) is 8.04. The lowest BCUT2D eigenvalue weighted by Crippen LogP contribution is -2.39. The predicted molar refractivity (Wildman–Crippen MR) is 107 cm³/mol. The van der Waals surface area contributed by atoms with Gasteiger partial charge in [-0.3, -0.25) is 4.79 Å². The van der Waals surface area contributed by atoms with Crippen LogP contribution in [0.5, 0.6) is 0 Å². The van der Waals surface area contributed by atoms with E-state index >= 15 is 0 Å². The smallest absolute Gasteiger partial charge is 0.258 e. The maximum absolute atomic E-state index is 13.7. The monoisotopic (exact) mass is 378 g/mol. The van der Waals surface area contributed by atoms with Gasteiger partial charge in [0.2, 0.25) is 0 Å². The second kappa shape index (κ2) is 6.78. The lowest BCUT2D eigenvalue weighted by molar-refractivity contribution is 0.0686. The van der Waals surface area contributed by atoms with Crippen LogP contribution in [0.4, 0.5) is 0 Å². The first kappa shape index (κ1) is 17.5. The fourth-order valence-corrected chi connectivity index (χ4v) is 4.78. The topological polar surface area (TPSA) is 63.3 Å². The Morgan fingerprint density at radius 2 is 2.18 bits per heavy atom. The summed E-state index contributed by atoms with van der Waals surface area (Å²) in [5.74, 6) is 0.996. The third-order valence-corrected chi connectivity index (χ3v) is 6.55. The molecule has 5 rings (SSSR count). The number of nitrogens with one attached hydrogen (secondary N) is 1. The van der Waals surface area contributed by atoms with Gasteiger partial charge in [0.05, 0.1) is 12.1 Å². The van der Waals surface area contributed by atoms with Crippen molar-refractivity contribution in [3.05, 3.63) is 54.3 Å². The van der Waals surface area contributed by atoms with Crippen molar-refractivity contribution in [2.24, 2.45) is 5.41 Å². The predicted octanol–water partition coefficient (Wildman–Crippen LogP) is 3.43. The van der Waals surface area contributed by atoms with Crippen molar-refractivity contribution >= 4 is 16.9 Å². The first-order chi connectivity index (χ1) is 13.7. The fraction of sp³-hybridized carbons (Fsp3) is 0.455. The number of benzene rings is 1. The molecule has 3 aromatic rings. The molecule has 0 bridgehead atoms. The van der Waals surface area contributed by atoms with Crippen molar-refractivity contribution in [2.45, 2.75) is 45.3 Å². The van der Waals surface area contributed by atoms with E-state index in [2.05, 4.69) is 26.7 Å². The SMILES string of the molecule is CCn1ccnc1CN(C(=O)c1coc2ccccc12)[C@@H]1CC12CCNCC2. The minimum absolute atomic E-state index is 0.0519. The molecule has 1 aliphatic carbocycles. The molecule has 2 fully saturated rings. The Morgan fingerprint density at radius 1 is 1.36 bits per heavy atom. The maximum Gasteiger partial charge on any atom is 0.258 e. The summed E-state index contributed by atoms with van der Waals surface area (Å²) in [6.07, 6.45) is 8.78. The van der Waals surface area contributed by atoms with E-state index in [1.54, 1.807) is 6.26 Å². The van der Waals surface area contributed by atoms with Crippen molar-refractivity contribution < 1.29 is 9.21 Å². The highest BCUT2D eigenvalue weighted by atomic mass is 16.3. The molecule has 1 aliphatic heterocycles. The van der Waals surface area contributed by atoms with Crippen molar-refractivity contribution in [3.8, 4) is 0 Å². The lowest BCUT2D eigenvalue weighted by Gasteiger charge is -2.29. The van der Waals surface area contributed by atoms with E-state index < -0.39 is 0 Å². The van der Waals surface area contributed by atoms with Crippen LogP contribution in [0, 0.1) is 5.41 Å². The molecular weight excluding hydrogens is 352 g/mol. The largest absolute Gasteiger partial charge is 0.463 e. The number of carbonyl (C=O) groups is 1. The van der Waals surface area contributed by atoms with Gasteiger partial charge in [-0.05, 0) is 50.8 Å². The van der Waals surface area contributed by atoms with E-state index in [0.717, 1.165) is 55.7 Å². The molecule has 6 heteroatoms. The van der Waals surface area contributed by atoms with Gasteiger partial charge in [0.15, 0.2) is 0 Å². The van der Waals surface area contributed by atoms with E-state index in [0.29, 0.717) is 12.1 Å². The normalized spacial score (nSPS) is 20.5. The van der Waals surface area contributed by atoms with Crippen LogP contribution >= 0.6 is 0 Å². The zero-order valence-corrected chi connectivity index (χ0v) is 16.2. The summed E-state index contributed by atoms with van der Waals surface area (Å²) >= 11 is 0. The minimum Gasteiger partial charge on any atom is -0.463 e. The van der Waals surface area contributed by atoms with E-state index in [1.165, 1.54) is 0 Å². The number of amides is 1. The summed E-state index contributed by atoms with van der Waals surface area (Å²) < 4.78 is 7.78. The van der Waals surface area contributed by atoms with Crippen LogP contribution < -0.4 is 5.32 Å². The van der Waals surface area contributed by atoms with Gasteiger partial charge in [0.1, 0.15) is 17.7 Å². The molecule has 1 amide bonds. The van der Waals surface area contributed by atoms with E-state index in [9.17, 15) is 4.79 Å². The summed E-state index contributed by atoms with van der Waals surface area (Å²) in [7, 11) is 0. The molecule has 3 heterocycles. The molecule has 28 heavy (non-hydrogen) atoms. The average molecular weight is 378 g/mol. The first-order valence-electron chi connectivity index (χ1n) is 10.2. The van der Waals surface area contributed by atoms with Gasteiger partial charge >= 0.3 is 0 Å². The van der Waals surface area contributed by atoms with Crippen LogP contribution in [-0.4, -0.2) is 39.5 Å². The van der Waals surface area contributed by atoms with Crippen LogP contribution in [0.2, 0.25) is 0 Å². The number of hydrogen-bond donors (Lipinski definition) is 1. The quantitative estimate of drug-likeness (QED) is 0.739. The fourth-order valence-electron chi connectivity index (χ4n) is 4.78. The van der Waals surface area contributed by atoms with E-state index in [4.69, 9.17) is 4.42 Å². The first-order valence-corrected chi connectivity index (χ1v) is 10.2. The van der Waals surface area contributed by atoms with Crippen LogP contribution in [0.15, 0.2) is 47.3 Å². The number of para-hydroxylation sites is 1. The molecule has 1 saturated carbocycles. The molecule has 2 aromatic heterocycles. The molecular formula is C22H26N4O2. The standard InChI is InChI=1S/C22H26N4O2/c1-2-25-12-11-24-20(25)14-26(19-13-22(19)7-9-23-10-8-22)21(27)17-15-28-18-6-4-3-5-16(17)18/h3-6,11-12,15,19,23H,2,7-10,13-14H2,1H3/t19-/m1/s1. The third kappa shape index (κ3) is 2.83. The van der Waals surface area contributed by atoms with Gasteiger partial charge in [-0.25, -0.2) is 4.98 Å². The number of piperidine rings is 1. The Bertz CT molecular complexity index is 999. The summed E-state index contributed by atoms with van der Waals surface area (Å²) in [6.45, 7) is 5.57. The molecule has 1 atom stereocenters. The number of rotatable bonds is 5. The minimum atomic E-state index is 0.0519. The highest BCUT2D eigenvalue weighted by Crippen LogP contribution is 2.56. The van der Waals surface area contributed by atoms with E-state index in [-0.39, 0.29) is 17.4 Å². The number of aryl methyl sites for hydroxylation is 1. The Morgan fingerprint density at radius 3 is 3.00 bits per heavy atom. The Hall–Kier alpha value is -2.60. The number of hydrogen-bond acceptors (Lipinski definition) is 4. The van der Waals surface area contributed by atoms with Crippen molar-refractivity contribution in [3.63, 3.8) is 0 Å². The highest BCUT2D eigenvalue weighted by molar-refractivity contribution is 6.06. The number of aromatic nitrogens is 2. The molecule has 1 aromatic carbocycles. The molecule has 1 spiro atoms. The summed E-state index contributed by atoms with van der Waals surface area (Å²) in [5.41, 5.74) is 1.68. The number of furan rings is 1. The summed E-state index contributed by atoms with van der Waals surface area (Å²) in [4.78, 5) is 20.2. The van der Waals surface area contributed by atoms with Crippen LogP contribution in [-0.2, 0) is 13.1 Å². The number of fused-ring (bicyclic) bond motifs is 1. The molecule has 0 radical (unpaired) electrons. The van der Waals surface area contributed by atoms with Gasteiger partial charge in [0, 0.05) is 30.4 Å². The summed E-state index contributed by atoms with van der Waals surface area (Å²) in [6, 6.07) is 8.03. The van der Waals surface area contributed by atoms with Gasteiger partial charge in [-0.1, -0.05) is 18.2 Å². The summed E-state index contributed by atoms with van der Waals surface area (Å²) in [5, 5.41) is 4.34. The molecule has 2 aliphatic rings. The molecule has 0 unspecified atom stereocenters. The number of imidazole rings is 1. The van der Waals surface area contributed by atoms with E-state index in [1.807, 2.05) is 36.7 Å². The molecule has 1 saturated heterocycles. The van der Waals surface area contributed by atoms with Gasteiger partial charge in [-0.15, -0.1) is 0 Å². The third-order valence-electron chi connectivity index (χ3n) is 6.55. The number of nitrogens with zero attached hydrogens (tertiary/aromatic N) is 3. The van der Waals surface area contributed by atoms with Crippen LogP contribution in [0.3, 0.4) is 0 Å². The average Bonchev–Trinajstić information content (AvgIpc) is 3.10. The number of carbonyl (C=O) groups excluding carboxylic acids is 1. The van der Waals surface area contributed by atoms with Crippen LogP contribution in [0.1, 0.15) is 42.4 Å². The zero-order chi connectivity index (χ0) is 19.1. The van der Waals surface area contributed by atoms with Gasteiger partial charge in [-0.2, -0.15) is 0 Å². The Balaban J connectivity index is 1.49. The van der Waals surface area contributed by atoms with Crippen molar-refractivity contribution in [2.75, 3.05) is 13.1 Å². The maximum atomic E-state index is 13.7. The van der Waals surface area contributed by atoms with Gasteiger partial charge in [0.25, 0.3) is 5.91 Å². The van der Waals surface area contributed by atoms with Crippen molar-refractivity contribution in [1.82, 2.24) is 19.8 Å². The highest BCUT2D eigenvalue weighted by Gasteiger charge is 2.58. The Kier molecular flexibility index (Phi) is 4.23. The molecule has 1 N–H and O–H groups in total. The van der Waals surface area contributed by atoms with Gasteiger partial charge < -0.3 is 19.2 Å². The zero-order valence-electron chi connectivity index (χ0n) is 16.2. The second-order valence-electron chi connectivity index (χ2n) is 8.04. The van der Waals surface area contributed by atoms with Crippen molar-refractivity contribution in [1.29, 1.82) is 0 Å². The Labute approximate surface area is 164 Å².